The third-order valence-electron chi connectivity index (χ3n) is 6.86. The summed E-state index contributed by atoms with van der Waals surface area (Å²) in [6.45, 7) is 1.51. The smallest absolute Gasteiger partial charge is 0.252 e. The van der Waals surface area contributed by atoms with Crippen molar-refractivity contribution in [1.29, 1.82) is 0 Å². The zero-order chi connectivity index (χ0) is 22.4. The van der Waals surface area contributed by atoms with E-state index in [9.17, 15) is 9.90 Å². The van der Waals surface area contributed by atoms with Crippen LogP contribution in [0.15, 0.2) is 84.9 Å². The van der Waals surface area contributed by atoms with Crippen LogP contribution in [0.4, 0.5) is 5.69 Å². The normalized spacial score (nSPS) is 20.8. The maximum absolute atomic E-state index is 12.6. The summed E-state index contributed by atoms with van der Waals surface area (Å²) in [5.41, 5.74) is 5.04. The van der Waals surface area contributed by atoms with Gasteiger partial charge in [0, 0.05) is 36.3 Å². The van der Waals surface area contributed by atoms with Crippen LogP contribution in [0.3, 0.4) is 0 Å². The topological polar surface area (TPSA) is 73.4 Å². The first-order chi connectivity index (χ1) is 16.2. The molecule has 0 saturated heterocycles. The Morgan fingerprint density at radius 2 is 1.64 bits per heavy atom. The Morgan fingerprint density at radius 1 is 0.818 bits per heavy atom. The number of hydrogen-bond acceptors (Lipinski definition) is 4. The van der Waals surface area contributed by atoms with Crippen molar-refractivity contribution >= 4 is 22.4 Å². The first-order valence-corrected chi connectivity index (χ1v) is 11.3. The lowest BCUT2D eigenvalue weighted by Gasteiger charge is -2.27. The van der Waals surface area contributed by atoms with Crippen molar-refractivity contribution in [3.63, 3.8) is 0 Å². The molecule has 2 aliphatic rings. The van der Waals surface area contributed by atoms with E-state index in [1.807, 2.05) is 12.1 Å². The van der Waals surface area contributed by atoms with Gasteiger partial charge in [0.2, 0.25) is 0 Å². The molecule has 5 nitrogen and oxygen atoms in total. The minimum absolute atomic E-state index is 0.0531. The first-order valence-electron chi connectivity index (χ1n) is 11.3. The number of phenolic OH excluding ortho intramolecular Hbond substituents is 1. The molecular weight excluding hydrogens is 410 g/mol. The van der Waals surface area contributed by atoms with Crippen LogP contribution in [0.5, 0.6) is 5.75 Å². The van der Waals surface area contributed by atoms with Gasteiger partial charge >= 0.3 is 0 Å². The summed E-state index contributed by atoms with van der Waals surface area (Å²) in [6, 6.07) is 28.1. The SMILES string of the molecule is O=C1NC(C2c3ccccc3NC2CNCc2ccc3ccccc3c2)c2cc(O)ccc21. The maximum atomic E-state index is 12.6. The number of nitrogens with one attached hydrogen (secondary N) is 3. The molecule has 4 aromatic rings. The summed E-state index contributed by atoms with van der Waals surface area (Å²) in [4.78, 5) is 12.6. The molecular formula is C28H25N3O2. The Labute approximate surface area is 192 Å². The fourth-order valence-corrected chi connectivity index (χ4v) is 5.33. The van der Waals surface area contributed by atoms with E-state index in [0.717, 1.165) is 24.3 Å². The molecule has 4 aromatic carbocycles. The van der Waals surface area contributed by atoms with Crippen molar-refractivity contribution in [1.82, 2.24) is 10.6 Å². The number of anilines is 1. The number of rotatable bonds is 5. The van der Waals surface area contributed by atoms with E-state index >= 15 is 0 Å². The van der Waals surface area contributed by atoms with E-state index in [2.05, 4.69) is 70.5 Å². The fraction of sp³-hybridized carbons (Fsp3) is 0.179. The largest absolute Gasteiger partial charge is 0.508 e. The maximum Gasteiger partial charge on any atom is 0.252 e. The first kappa shape index (κ1) is 19.8. The number of para-hydroxylation sites is 1. The molecule has 3 atom stereocenters. The van der Waals surface area contributed by atoms with Crippen molar-refractivity contribution in [2.75, 3.05) is 11.9 Å². The number of benzene rings is 4. The fourth-order valence-electron chi connectivity index (χ4n) is 5.33. The lowest BCUT2D eigenvalue weighted by atomic mass is 9.84. The molecule has 0 saturated carbocycles. The Balaban J connectivity index is 1.25. The molecule has 0 bridgehead atoms. The second-order valence-electron chi connectivity index (χ2n) is 8.90. The van der Waals surface area contributed by atoms with E-state index < -0.39 is 0 Å². The molecule has 0 spiro atoms. The molecule has 1 amide bonds. The Bertz CT molecular complexity index is 1370. The molecule has 2 heterocycles. The molecule has 0 radical (unpaired) electrons. The van der Waals surface area contributed by atoms with Crippen LogP contribution in [0, 0.1) is 0 Å². The van der Waals surface area contributed by atoms with Gasteiger partial charge in [-0.1, -0.05) is 54.6 Å². The minimum atomic E-state index is -0.191. The van der Waals surface area contributed by atoms with Crippen molar-refractivity contribution in [2.45, 2.75) is 24.5 Å². The molecule has 5 heteroatoms. The van der Waals surface area contributed by atoms with Gasteiger partial charge in [0.15, 0.2) is 0 Å². The number of phenols is 1. The average Bonchev–Trinajstić information content (AvgIpc) is 3.35. The molecule has 3 unspecified atom stereocenters. The summed E-state index contributed by atoms with van der Waals surface area (Å²) in [5.74, 6) is 0.153. The van der Waals surface area contributed by atoms with Crippen LogP contribution in [-0.2, 0) is 6.54 Å². The minimum Gasteiger partial charge on any atom is -0.508 e. The van der Waals surface area contributed by atoms with Gasteiger partial charge in [0.05, 0.1) is 6.04 Å². The van der Waals surface area contributed by atoms with E-state index in [4.69, 9.17) is 0 Å². The molecule has 4 N–H and O–H groups in total. The highest BCUT2D eigenvalue weighted by molar-refractivity contribution is 5.99. The van der Waals surface area contributed by atoms with Crippen molar-refractivity contribution in [3.05, 3.63) is 107 Å². The molecule has 0 aromatic heterocycles. The number of aromatic hydroxyl groups is 1. The number of amides is 1. The van der Waals surface area contributed by atoms with Gasteiger partial charge in [-0.25, -0.2) is 0 Å². The van der Waals surface area contributed by atoms with E-state index in [1.54, 1.807) is 18.2 Å². The van der Waals surface area contributed by atoms with Crippen LogP contribution in [0.25, 0.3) is 10.8 Å². The standard InChI is InChI=1S/C28H25N3O2/c32-20-11-12-21-23(14-20)27(31-28(21)33)26-22-7-3-4-8-24(22)30-25(26)16-29-15-17-9-10-18-5-1-2-6-19(18)13-17/h1-14,25-27,29-30,32H,15-16H2,(H,31,33). The van der Waals surface area contributed by atoms with E-state index in [1.165, 1.54) is 21.9 Å². The van der Waals surface area contributed by atoms with Crippen LogP contribution >= 0.6 is 0 Å². The van der Waals surface area contributed by atoms with Gasteiger partial charge in [-0.3, -0.25) is 4.79 Å². The molecule has 0 aliphatic carbocycles. The van der Waals surface area contributed by atoms with Gasteiger partial charge in [-0.05, 0) is 57.8 Å². The van der Waals surface area contributed by atoms with E-state index in [0.29, 0.717) is 5.56 Å². The number of carbonyl (C=O) groups excluding carboxylic acids is 1. The number of carbonyl (C=O) groups is 1. The summed E-state index contributed by atoms with van der Waals surface area (Å²) in [5, 5.41) is 23.0. The summed E-state index contributed by atoms with van der Waals surface area (Å²) in [6.07, 6.45) is 0. The molecule has 164 valence electrons. The van der Waals surface area contributed by atoms with Gasteiger partial charge in [-0.15, -0.1) is 0 Å². The zero-order valence-corrected chi connectivity index (χ0v) is 18.1. The Kier molecular flexibility index (Phi) is 4.77. The van der Waals surface area contributed by atoms with Crippen LogP contribution in [0.2, 0.25) is 0 Å². The quantitative estimate of drug-likeness (QED) is 0.367. The summed E-state index contributed by atoms with van der Waals surface area (Å²) >= 11 is 0. The van der Waals surface area contributed by atoms with Gasteiger partial charge in [0.25, 0.3) is 5.91 Å². The van der Waals surface area contributed by atoms with Crippen molar-refractivity contribution in [3.8, 4) is 5.75 Å². The third-order valence-corrected chi connectivity index (χ3v) is 6.86. The van der Waals surface area contributed by atoms with Gasteiger partial charge in [-0.2, -0.15) is 0 Å². The zero-order valence-electron chi connectivity index (χ0n) is 18.1. The lowest BCUT2D eigenvalue weighted by Crippen LogP contribution is -2.38. The van der Waals surface area contributed by atoms with Crippen LogP contribution in [-0.4, -0.2) is 23.6 Å². The Morgan fingerprint density at radius 3 is 2.55 bits per heavy atom. The Hall–Kier alpha value is -3.83. The lowest BCUT2D eigenvalue weighted by molar-refractivity contribution is 0.0951. The second-order valence-corrected chi connectivity index (χ2v) is 8.90. The monoisotopic (exact) mass is 435 g/mol. The van der Waals surface area contributed by atoms with Gasteiger partial charge in [0.1, 0.15) is 5.75 Å². The van der Waals surface area contributed by atoms with Crippen molar-refractivity contribution in [2.24, 2.45) is 0 Å². The molecule has 33 heavy (non-hydrogen) atoms. The number of fused-ring (bicyclic) bond motifs is 3. The van der Waals surface area contributed by atoms with Crippen molar-refractivity contribution < 1.29 is 9.90 Å². The molecule has 2 aliphatic heterocycles. The summed E-state index contributed by atoms with van der Waals surface area (Å²) in [7, 11) is 0. The predicted molar refractivity (Wildman–Crippen MR) is 131 cm³/mol. The highest BCUT2D eigenvalue weighted by Gasteiger charge is 2.43. The average molecular weight is 436 g/mol. The van der Waals surface area contributed by atoms with Crippen LogP contribution in [0.1, 0.15) is 39.0 Å². The number of hydrogen-bond donors (Lipinski definition) is 4. The van der Waals surface area contributed by atoms with Gasteiger partial charge < -0.3 is 21.1 Å². The molecule has 0 fully saturated rings. The summed E-state index contributed by atoms with van der Waals surface area (Å²) < 4.78 is 0. The predicted octanol–water partition coefficient (Wildman–Crippen LogP) is 4.70. The highest BCUT2D eigenvalue weighted by Crippen LogP contribution is 2.46. The molecule has 6 rings (SSSR count). The highest BCUT2D eigenvalue weighted by atomic mass is 16.3. The van der Waals surface area contributed by atoms with Crippen LogP contribution < -0.4 is 16.0 Å². The van der Waals surface area contributed by atoms with E-state index in [-0.39, 0.29) is 29.7 Å². The second kappa shape index (κ2) is 7.94. The third kappa shape index (κ3) is 3.51.